The lowest BCUT2D eigenvalue weighted by Gasteiger charge is -2.30. The van der Waals surface area contributed by atoms with Gasteiger partial charge < -0.3 is 15.2 Å². The average Bonchev–Trinajstić information content (AvgIpc) is 3.07. The topological polar surface area (TPSA) is 60.1 Å². The SMILES string of the molecule is COc1ccc([C@@H]2[C@@H]3CCc4ccccc4C3=NN2C(N)=S)cc1OC. The molecule has 0 bridgehead atoms. The summed E-state index contributed by atoms with van der Waals surface area (Å²) in [6.45, 7) is 0. The van der Waals surface area contributed by atoms with Crippen molar-refractivity contribution in [3.8, 4) is 11.5 Å². The van der Waals surface area contributed by atoms with Gasteiger partial charge in [0.15, 0.2) is 16.6 Å². The zero-order chi connectivity index (χ0) is 18.3. The highest BCUT2D eigenvalue weighted by atomic mass is 32.1. The number of benzene rings is 2. The molecule has 5 nitrogen and oxygen atoms in total. The number of nitrogens with two attached hydrogens (primary N) is 1. The second kappa shape index (κ2) is 6.61. The van der Waals surface area contributed by atoms with Crippen LogP contribution in [0.5, 0.6) is 11.5 Å². The highest BCUT2D eigenvalue weighted by Crippen LogP contribution is 2.44. The summed E-state index contributed by atoms with van der Waals surface area (Å²) in [4.78, 5) is 0. The molecule has 0 amide bonds. The molecule has 0 saturated heterocycles. The quantitative estimate of drug-likeness (QED) is 0.844. The molecule has 0 spiro atoms. The number of hydrogen-bond donors (Lipinski definition) is 1. The second-order valence-corrected chi connectivity index (χ2v) is 6.95. The van der Waals surface area contributed by atoms with Crippen molar-refractivity contribution in [2.24, 2.45) is 16.8 Å². The van der Waals surface area contributed by atoms with Crippen molar-refractivity contribution in [3.05, 3.63) is 59.2 Å². The lowest BCUT2D eigenvalue weighted by molar-refractivity contribution is 0.306. The van der Waals surface area contributed by atoms with Gasteiger partial charge in [-0.05, 0) is 48.3 Å². The molecule has 1 heterocycles. The van der Waals surface area contributed by atoms with Crippen LogP contribution < -0.4 is 15.2 Å². The van der Waals surface area contributed by atoms with Crippen molar-refractivity contribution >= 4 is 23.0 Å². The van der Waals surface area contributed by atoms with Gasteiger partial charge in [0.05, 0.1) is 26.0 Å². The zero-order valence-electron chi connectivity index (χ0n) is 14.8. The van der Waals surface area contributed by atoms with E-state index in [9.17, 15) is 0 Å². The minimum Gasteiger partial charge on any atom is -0.493 e. The Hall–Kier alpha value is -2.60. The average molecular weight is 367 g/mol. The Balaban J connectivity index is 1.79. The molecular formula is C20H21N3O2S. The van der Waals surface area contributed by atoms with Gasteiger partial charge in [0.1, 0.15) is 0 Å². The first-order valence-corrected chi connectivity index (χ1v) is 9.02. The van der Waals surface area contributed by atoms with Crippen LogP contribution in [-0.4, -0.2) is 30.1 Å². The molecule has 1 aliphatic heterocycles. The molecular weight excluding hydrogens is 346 g/mol. The van der Waals surface area contributed by atoms with Crippen molar-refractivity contribution < 1.29 is 9.47 Å². The summed E-state index contributed by atoms with van der Waals surface area (Å²) in [5.74, 6) is 1.63. The predicted octanol–water partition coefficient (Wildman–Crippen LogP) is 3.27. The normalized spacial score (nSPS) is 20.8. The molecule has 134 valence electrons. The molecule has 0 saturated carbocycles. The number of rotatable bonds is 3. The minimum atomic E-state index is -0.0318. The van der Waals surface area contributed by atoms with Crippen LogP contribution in [-0.2, 0) is 6.42 Å². The molecule has 0 aromatic heterocycles. The summed E-state index contributed by atoms with van der Waals surface area (Å²) in [6.07, 6.45) is 2.03. The number of hydrogen-bond acceptors (Lipinski definition) is 4. The van der Waals surface area contributed by atoms with E-state index >= 15 is 0 Å². The van der Waals surface area contributed by atoms with Crippen LogP contribution in [0.2, 0.25) is 0 Å². The number of nitrogens with zero attached hydrogens (tertiary/aromatic N) is 2. The van der Waals surface area contributed by atoms with Gasteiger partial charge in [0.2, 0.25) is 0 Å². The van der Waals surface area contributed by atoms with Crippen LogP contribution in [0, 0.1) is 5.92 Å². The third-order valence-electron chi connectivity index (χ3n) is 5.20. The number of aryl methyl sites for hydroxylation is 1. The molecule has 2 N–H and O–H groups in total. The fraction of sp³-hybridized carbons (Fsp3) is 0.300. The zero-order valence-corrected chi connectivity index (χ0v) is 15.6. The summed E-state index contributed by atoms with van der Waals surface area (Å²) >= 11 is 5.30. The number of fused-ring (bicyclic) bond motifs is 3. The van der Waals surface area contributed by atoms with E-state index in [1.54, 1.807) is 19.2 Å². The van der Waals surface area contributed by atoms with Crippen molar-refractivity contribution in [1.82, 2.24) is 5.01 Å². The molecule has 6 heteroatoms. The highest BCUT2D eigenvalue weighted by Gasteiger charge is 2.42. The summed E-state index contributed by atoms with van der Waals surface area (Å²) in [7, 11) is 3.27. The maximum Gasteiger partial charge on any atom is 0.187 e. The number of methoxy groups -OCH3 is 2. The van der Waals surface area contributed by atoms with Gasteiger partial charge in [-0.15, -0.1) is 0 Å². The van der Waals surface area contributed by atoms with Crippen LogP contribution in [0.3, 0.4) is 0 Å². The fourth-order valence-electron chi connectivity index (χ4n) is 4.02. The van der Waals surface area contributed by atoms with E-state index in [1.807, 2.05) is 18.2 Å². The lowest BCUT2D eigenvalue weighted by atomic mass is 9.77. The number of hydrazone groups is 1. The molecule has 0 unspecified atom stereocenters. The molecule has 26 heavy (non-hydrogen) atoms. The number of ether oxygens (including phenoxy) is 2. The van der Waals surface area contributed by atoms with E-state index < -0.39 is 0 Å². The highest BCUT2D eigenvalue weighted by molar-refractivity contribution is 7.80. The van der Waals surface area contributed by atoms with Gasteiger partial charge in [-0.1, -0.05) is 30.3 Å². The lowest BCUT2D eigenvalue weighted by Crippen LogP contribution is -2.35. The Morgan fingerprint density at radius 3 is 2.65 bits per heavy atom. The first kappa shape index (κ1) is 16.8. The summed E-state index contributed by atoms with van der Waals surface area (Å²) in [5.41, 5.74) is 10.7. The van der Waals surface area contributed by atoms with Gasteiger partial charge in [0.25, 0.3) is 0 Å². The van der Waals surface area contributed by atoms with Crippen LogP contribution in [0.1, 0.15) is 29.2 Å². The first-order valence-electron chi connectivity index (χ1n) is 8.61. The number of thiocarbonyl (C=S) groups is 1. The maximum absolute atomic E-state index is 6.02. The summed E-state index contributed by atoms with van der Waals surface area (Å²) < 4.78 is 10.8. The van der Waals surface area contributed by atoms with Crippen molar-refractivity contribution in [2.45, 2.75) is 18.9 Å². The van der Waals surface area contributed by atoms with E-state index in [0.29, 0.717) is 11.5 Å². The third kappa shape index (κ3) is 2.61. The Labute approximate surface area is 158 Å². The molecule has 2 aromatic rings. The van der Waals surface area contributed by atoms with E-state index in [0.717, 1.165) is 24.1 Å². The Kier molecular flexibility index (Phi) is 4.28. The van der Waals surface area contributed by atoms with Crippen LogP contribution in [0.15, 0.2) is 47.6 Å². The maximum atomic E-state index is 6.02. The second-order valence-electron chi connectivity index (χ2n) is 6.53. The van der Waals surface area contributed by atoms with Gasteiger partial charge in [0, 0.05) is 11.5 Å². The van der Waals surface area contributed by atoms with E-state index in [2.05, 4.69) is 24.3 Å². The van der Waals surface area contributed by atoms with Crippen molar-refractivity contribution in [2.75, 3.05) is 14.2 Å². The van der Waals surface area contributed by atoms with Crippen molar-refractivity contribution in [1.29, 1.82) is 0 Å². The molecule has 2 atom stereocenters. The molecule has 0 radical (unpaired) electrons. The van der Waals surface area contributed by atoms with Crippen LogP contribution in [0.25, 0.3) is 0 Å². The molecule has 4 rings (SSSR count). The van der Waals surface area contributed by atoms with Crippen LogP contribution >= 0.6 is 12.2 Å². The largest absolute Gasteiger partial charge is 0.493 e. The van der Waals surface area contributed by atoms with E-state index in [1.165, 1.54) is 11.1 Å². The van der Waals surface area contributed by atoms with Gasteiger partial charge in [-0.2, -0.15) is 5.10 Å². The molecule has 1 aliphatic carbocycles. The Morgan fingerprint density at radius 1 is 1.15 bits per heavy atom. The fourth-order valence-corrected chi connectivity index (χ4v) is 4.17. The third-order valence-corrected chi connectivity index (χ3v) is 5.39. The van der Waals surface area contributed by atoms with E-state index in [-0.39, 0.29) is 17.1 Å². The monoisotopic (exact) mass is 367 g/mol. The standard InChI is InChI=1S/C20H21N3O2S/c1-24-16-10-8-13(11-17(16)25-2)19-15-9-7-12-5-3-4-6-14(12)18(15)22-23(19)20(21)26/h3-6,8,10-11,15,19H,7,9H2,1-2H3,(H2,21,26)/t15-,19-/m1/s1. The van der Waals surface area contributed by atoms with Crippen LogP contribution in [0.4, 0.5) is 0 Å². The Bertz CT molecular complexity index is 896. The van der Waals surface area contributed by atoms with Gasteiger partial charge in [-0.3, -0.25) is 0 Å². The van der Waals surface area contributed by atoms with E-state index in [4.69, 9.17) is 32.5 Å². The minimum absolute atomic E-state index is 0.0318. The summed E-state index contributed by atoms with van der Waals surface area (Å²) in [5, 5.41) is 6.88. The van der Waals surface area contributed by atoms with Crippen molar-refractivity contribution in [3.63, 3.8) is 0 Å². The predicted molar refractivity (Wildman–Crippen MR) is 106 cm³/mol. The van der Waals surface area contributed by atoms with Gasteiger partial charge in [-0.25, -0.2) is 5.01 Å². The molecule has 0 fully saturated rings. The smallest absolute Gasteiger partial charge is 0.187 e. The van der Waals surface area contributed by atoms with Gasteiger partial charge >= 0.3 is 0 Å². The first-order chi connectivity index (χ1) is 12.6. The summed E-state index contributed by atoms with van der Waals surface area (Å²) in [6, 6.07) is 14.4. The molecule has 2 aliphatic rings. The Morgan fingerprint density at radius 2 is 1.92 bits per heavy atom. The molecule has 2 aromatic carbocycles.